The van der Waals surface area contributed by atoms with Gasteiger partial charge in [0, 0.05) is 38.7 Å². The van der Waals surface area contributed by atoms with E-state index >= 15 is 0 Å². The molecule has 0 aliphatic carbocycles. The monoisotopic (exact) mass is 356 g/mol. The Morgan fingerprint density at radius 3 is 2.69 bits per heavy atom. The normalized spacial score (nSPS) is 19.5. The van der Waals surface area contributed by atoms with Gasteiger partial charge in [-0.1, -0.05) is 12.1 Å². The number of hydrogen-bond acceptors (Lipinski definition) is 4. The first-order valence-corrected chi connectivity index (χ1v) is 8.70. The van der Waals surface area contributed by atoms with Crippen LogP contribution < -0.4 is 5.32 Å². The van der Waals surface area contributed by atoms with E-state index in [0.717, 1.165) is 12.0 Å². The number of amides is 2. The van der Waals surface area contributed by atoms with Gasteiger partial charge in [-0.2, -0.15) is 5.10 Å². The Hall–Kier alpha value is -2.67. The number of carbonyl (C=O) groups is 2. The van der Waals surface area contributed by atoms with Gasteiger partial charge in [0.15, 0.2) is 0 Å². The van der Waals surface area contributed by atoms with Crippen LogP contribution in [0.1, 0.15) is 28.8 Å². The molecule has 138 valence electrons. The van der Waals surface area contributed by atoms with Crippen LogP contribution >= 0.6 is 0 Å². The van der Waals surface area contributed by atoms with E-state index in [1.807, 2.05) is 29.1 Å². The van der Waals surface area contributed by atoms with Gasteiger partial charge in [0.1, 0.15) is 5.54 Å². The lowest BCUT2D eigenvalue weighted by Gasteiger charge is -2.36. The molecule has 1 N–H and O–H groups in total. The molecule has 0 radical (unpaired) electrons. The van der Waals surface area contributed by atoms with E-state index in [4.69, 9.17) is 4.74 Å². The van der Waals surface area contributed by atoms with Gasteiger partial charge < -0.3 is 15.0 Å². The molecule has 0 saturated carbocycles. The van der Waals surface area contributed by atoms with Crippen molar-refractivity contribution in [2.24, 2.45) is 0 Å². The molecule has 26 heavy (non-hydrogen) atoms. The predicted octanol–water partition coefficient (Wildman–Crippen LogP) is 1.30. The average molecular weight is 356 g/mol. The lowest BCUT2D eigenvalue weighted by atomic mass is 9.95. The molecule has 1 aromatic heterocycles. The van der Waals surface area contributed by atoms with Crippen molar-refractivity contribution in [3.63, 3.8) is 0 Å². The molecule has 7 heteroatoms. The Labute approximate surface area is 152 Å². The highest BCUT2D eigenvalue weighted by molar-refractivity contribution is 5.99. The molecule has 2 heterocycles. The van der Waals surface area contributed by atoms with Gasteiger partial charge in [0.05, 0.1) is 13.2 Å². The third-order valence-electron chi connectivity index (χ3n) is 4.87. The predicted molar refractivity (Wildman–Crippen MR) is 96.7 cm³/mol. The van der Waals surface area contributed by atoms with Crippen LogP contribution in [0.5, 0.6) is 0 Å². The van der Waals surface area contributed by atoms with Crippen LogP contribution in [-0.4, -0.2) is 59.3 Å². The van der Waals surface area contributed by atoms with Gasteiger partial charge in [-0.15, -0.1) is 0 Å². The molecule has 1 fully saturated rings. The van der Waals surface area contributed by atoms with Crippen molar-refractivity contribution < 1.29 is 14.3 Å². The number of benzene rings is 1. The minimum Gasteiger partial charge on any atom is -0.382 e. The lowest BCUT2D eigenvalue weighted by molar-refractivity contribution is -0.133. The zero-order valence-corrected chi connectivity index (χ0v) is 15.1. The SMILES string of the molecule is CNC(=O)C1(COC)CCCN1C(=O)c1ccc(Cn2cccn2)cc1. The van der Waals surface area contributed by atoms with Crippen molar-refractivity contribution in [1.29, 1.82) is 0 Å². The summed E-state index contributed by atoms with van der Waals surface area (Å²) in [5.41, 5.74) is 0.690. The molecule has 1 aliphatic heterocycles. The quantitative estimate of drug-likeness (QED) is 0.846. The second-order valence-electron chi connectivity index (χ2n) is 6.50. The molecule has 2 aromatic rings. The number of likely N-dealkylation sites (N-methyl/N-ethyl adjacent to an activating group) is 1. The van der Waals surface area contributed by atoms with Gasteiger partial charge in [-0.05, 0) is 36.6 Å². The molecule has 1 unspecified atom stereocenters. The first-order chi connectivity index (χ1) is 12.6. The number of ether oxygens (including phenoxy) is 1. The number of likely N-dealkylation sites (tertiary alicyclic amines) is 1. The number of hydrogen-bond donors (Lipinski definition) is 1. The fourth-order valence-corrected chi connectivity index (χ4v) is 3.59. The van der Waals surface area contributed by atoms with Gasteiger partial charge in [-0.3, -0.25) is 14.3 Å². The van der Waals surface area contributed by atoms with Crippen molar-refractivity contribution in [1.82, 2.24) is 20.0 Å². The van der Waals surface area contributed by atoms with E-state index in [1.54, 1.807) is 37.4 Å². The maximum atomic E-state index is 13.1. The highest BCUT2D eigenvalue weighted by atomic mass is 16.5. The second-order valence-corrected chi connectivity index (χ2v) is 6.50. The van der Waals surface area contributed by atoms with Crippen molar-refractivity contribution in [3.05, 3.63) is 53.9 Å². The number of rotatable bonds is 6. The van der Waals surface area contributed by atoms with Crippen LogP contribution in [0.4, 0.5) is 0 Å². The molecular weight excluding hydrogens is 332 g/mol. The van der Waals surface area contributed by atoms with Gasteiger partial charge in [0.25, 0.3) is 5.91 Å². The van der Waals surface area contributed by atoms with E-state index in [9.17, 15) is 9.59 Å². The van der Waals surface area contributed by atoms with E-state index in [2.05, 4.69) is 10.4 Å². The van der Waals surface area contributed by atoms with Crippen molar-refractivity contribution >= 4 is 11.8 Å². The Morgan fingerprint density at radius 1 is 1.31 bits per heavy atom. The summed E-state index contributed by atoms with van der Waals surface area (Å²) in [6.07, 6.45) is 5.01. The summed E-state index contributed by atoms with van der Waals surface area (Å²) in [5.74, 6) is -0.325. The first kappa shape index (κ1) is 18.1. The molecule has 3 rings (SSSR count). The molecule has 0 bridgehead atoms. The standard InChI is InChI=1S/C19H24N4O3/c1-20-18(25)19(14-26-2)9-3-12-23(19)17(24)16-7-5-15(6-8-16)13-22-11-4-10-21-22/h4-8,10-11H,3,9,12-14H2,1-2H3,(H,20,25). The zero-order chi connectivity index (χ0) is 18.6. The Morgan fingerprint density at radius 2 is 2.08 bits per heavy atom. The molecule has 1 aromatic carbocycles. The minimum absolute atomic E-state index is 0.145. The lowest BCUT2D eigenvalue weighted by Crippen LogP contribution is -2.59. The van der Waals surface area contributed by atoms with Crippen LogP contribution in [-0.2, 0) is 16.1 Å². The summed E-state index contributed by atoms with van der Waals surface area (Å²) in [6.45, 7) is 1.39. The second kappa shape index (κ2) is 7.70. The fourth-order valence-electron chi connectivity index (χ4n) is 3.59. The largest absolute Gasteiger partial charge is 0.382 e. The maximum Gasteiger partial charge on any atom is 0.254 e. The number of nitrogens with zero attached hydrogens (tertiary/aromatic N) is 3. The Balaban J connectivity index is 1.80. The smallest absolute Gasteiger partial charge is 0.254 e. The molecule has 2 amide bonds. The number of aromatic nitrogens is 2. The molecule has 1 aliphatic rings. The summed E-state index contributed by atoms with van der Waals surface area (Å²) in [4.78, 5) is 27.2. The van der Waals surface area contributed by atoms with Crippen molar-refractivity contribution in [2.75, 3.05) is 27.3 Å². The summed E-state index contributed by atoms with van der Waals surface area (Å²) in [6, 6.07) is 9.33. The summed E-state index contributed by atoms with van der Waals surface area (Å²) >= 11 is 0. The summed E-state index contributed by atoms with van der Waals surface area (Å²) in [7, 11) is 3.14. The van der Waals surface area contributed by atoms with Crippen LogP contribution in [0.15, 0.2) is 42.7 Å². The number of methoxy groups -OCH3 is 1. The van der Waals surface area contributed by atoms with Crippen LogP contribution in [0.25, 0.3) is 0 Å². The topological polar surface area (TPSA) is 76.5 Å². The van der Waals surface area contributed by atoms with Gasteiger partial charge >= 0.3 is 0 Å². The Bertz CT molecular complexity index is 758. The van der Waals surface area contributed by atoms with Crippen LogP contribution in [0.2, 0.25) is 0 Å². The average Bonchev–Trinajstić information content (AvgIpc) is 3.32. The number of nitrogens with one attached hydrogen (secondary N) is 1. The van der Waals surface area contributed by atoms with E-state index < -0.39 is 5.54 Å². The zero-order valence-electron chi connectivity index (χ0n) is 15.1. The fraction of sp³-hybridized carbons (Fsp3) is 0.421. The molecule has 1 saturated heterocycles. The molecule has 7 nitrogen and oxygen atoms in total. The van der Waals surface area contributed by atoms with Crippen LogP contribution in [0, 0.1) is 0 Å². The van der Waals surface area contributed by atoms with E-state index in [1.165, 1.54) is 0 Å². The highest BCUT2D eigenvalue weighted by Gasteiger charge is 2.49. The minimum atomic E-state index is -0.936. The maximum absolute atomic E-state index is 13.1. The third kappa shape index (κ3) is 3.35. The van der Waals surface area contributed by atoms with Crippen molar-refractivity contribution in [3.8, 4) is 0 Å². The Kier molecular flexibility index (Phi) is 5.37. The number of carbonyl (C=O) groups excluding carboxylic acids is 2. The summed E-state index contributed by atoms with van der Waals surface area (Å²) < 4.78 is 7.11. The van der Waals surface area contributed by atoms with Crippen LogP contribution in [0.3, 0.4) is 0 Å². The third-order valence-corrected chi connectivity index (χ3v) is 4.87. The molecule has 1 atom stereocenters. The molecule has 0 spiro atoms. The van der Waals surface area contributed by atoms with Crippen molar-refractivity contribution in [2.45, 2.75) is 24.9 Å². The van der Waals surface area contributed by atoms with E-state index in [-0.39, 0.29) is 18.4 Å². The molecular formula is C19H24N4O3. The van der Waals surface area contributed by atoms with Gasteiger partial charge in [0.2, 0.25) is 5.91 Å². The summed E-state index contributed by atoms with van der Waals surface area (Å²) in [5, 5.41) is 6.86. The van der Waals surface area contributed by atoms with Gasteiger partial charge in [-0.25, -0.2) is 0 Å². The highest BCUT2D eigenvalue weighted by Crippen LogP contribution is 2.31. The first-order valence-electron chi connectivity index (χ1n) is 8.70. The van der Waals surface area contributed by atoms with E-state index in [0.29, 0.717) is 25.1 Å².